The van der Waals surface area contributed by atoms with E-state index in [1.54, 1.807) is 15.8 Å². The van der Waals surface area contributed by atoms with E-state index in [1.807, 2.05) is 37.3 Å². The summed E-state index contributed by atoms with van der Waals surface area (Å²) in [5.41, 5.74) is 2.18. The summed E-state index contributed by atoms with van der Waals surface area (Å²) in [6, 6.07) is 9.40. The van der Waals surface area contributed by atoms with Crippen LogP contribution in [0.4, 0.5) is 0 Å². The first-order valence-electron chi connectivity index (χ1n) is 10.2. The molecule has 1 unspecified atom stereocenters. The summed E-state index contributed by atoms with van der Waals surface area (Å²) in [6.07, 6.45) is 2.09. The van der Waals surface area contributed by atoms with E-state index < -0.39 is 9.84 Å². The molecular weight excluding hydrogens is 388 g/mol. The molecule has 1 fully saturated rings. The van der Waals surface area contributed by atoms with Crippen molar-refractivity contribution in [3.8, 4) is 5.69 Å². The maximum absolute atomic E-state index is 13.5. The number of hydrogen-bond acceptors (Lipinski definition) is 5. The van der Waals surface area contributed by atoms with Crippen molar-refractivity contribution in [3.05, 3.63) is 47.8 Å². The number of benzene rings is 1. The Morgan fingerprint density at radius 1 is 1.17 bits per heavy atom. The minimum Gasteiger partial charge on any atom is -0.333 e. The highest BCUT2D eigenvalue weighted by Crippen LogP contribution is 2.22. The number of aromatic nitrogens is 2. The summed E-state index contributed by atoms with van der Waals surface area (Å²) in [7, 11) is -3.08. The third-order valence-corrected chi connectivity index (χ3v) is 7.45. The molecule has 8 heteroatoms. The molecule has 158 valence electrons. The maximum Gasteiger partial charge on any atom is 0.257 e. The number of nitrogens with zero attached hydrogens (tertiary/aromatic N) is 4. The van der Waals surface area contributed by atoms with Gasteiger partial charge in [0.15, 0.2) is 9.84 Å². The number of para-hydroxylation sites is 1. The molecule has 1 atom stereocenters. The van der Waals surface area contributed by atoms with Gasteiger partial charge in [0.25, 0.3) is 5.91 Å². The SMILES string of the molecule is CCN(CC)CCN(C(=O)c1cnn(-c2ccccc2)c1C)C1CCS(=O)(=O)C1. The Kier molecular flexibility index (Phi) is 6.74. The number of likely N-dealkylation sites (N-methyl/N-ethyl adjacent to an activating group) is 1. The second-order valence-corrected chi connectivity index (χ2v) is 9.70. The largest absolute Gasteiger partial charge is 0.333 e. The number of carbonyl (C=O) groups is 1. The van der Waals surface area contributed by atoms with Crippen LogP contribution in [0.3, 0.4) is 0 Å². The zero-order chi connectivity index (χ0) is 21.0. The third-order valence-electron chi connectivity index (χ3n) is 5.70. The predicted octanol–water partition coefficient (Wildman–Crippen LogP) is 2.15. The monoisotopic (exact) mass is 418 g/mol. The number of rotatable bonds is 8. The molecule has 1 aromatic heterocycles. The van der Waals surface area contributed by atoms with Crippen LogP contribution in [0, 0.1) is 6.92 Å². The van der Waals surface area contributed by atoms with Gasteiger partial charge >= 0.3 is 0 Å². The van der Waals surface area contributed by atoms with E-state index in [9.17, 15) is 13.2 Å². The van der Waals surface area contributed by atoms with Gasteiger partial charge in [-0.15, -0.1) is 0 Å². The molecule has 0 radical (unpaired) electrons. The van der Waals surface area contributed by atoms with E-state index in [0.29, 0.717) is 18.5 Å². The number of sulfone groups is 1. The van der Waals surface area contributed by atoms with Gasteiger partial charge in [0.1, 0.15) is 0 Å². The van der Waals surface area contributed by atoms with Crippen molar-refractivity contribution < 1.29 is 13.2 Å². The lowest BCUT2D eigenvalue weighted by atomic mass is 10.1. The van der Waals surface area contributed by atoms with Gasteiger partial charge in [0, 0.05) is 19.1 Å². The first-order valence-corrected chi connectivity index (χ1v) is 12.0. The van der Waals surface area contributed by atoms with Gasteiger partial charge in [-0.05, 0) is 38.6 Å². The Hall–Kier alpha value is -2.19. The lowest BCUT2D eigenvalue weighted by Crippen LogP contribution is -2.45. The molecule has 2 heterocycles. The molecule has 0 bridgehead atoms. The molecule has 1 amide bonds. The normalized spacial score (nSPS) is 18.3. The van der Waals surface area contributed by atoms with Gasteiger partial charge in [-0.25, -0.2) is 13.1 Å². The fourth-order valence-electron chi connectivity index (χ4n) is 3.86. The summed E-state index contributed by atoms with van der Waals surface area (Å²) in [5.74, 6) is 0.0524. The van der Waals surface area contributed by atoms with E-state index in [4.69, 9.17) is 0 Å². The van der Waals surface area contributed by atoms with Crippen LogP contribution in [0.5, 0.6) is 0 Å². The Balaban J connectivity index is 1.87. The summed E-state index contributed by atoms with van der Waals surface area (Å²) in [6.45, 7) is 9.07. The highest BCUT2D eigenvalue weighted by Gasteiger charge is 2.36. The highest BCUT2D eigenvalue weighted by atomic mass is 32.2. The Labute approximate surface area is 173 Å². The highest BCUT2D eigenvalue weighted by molar-refractivity contribution is 7.91. The Morgan fingerprint density at radius 3 is 2.45 bits per heavy atom. The average molecular weight is 419 g/mol. The molecule has 7 nitrogen and oxygen atoms in total. The van der Waals surface area contributed by atoms with Crippen molar-refractivity contribution in [2.45, 2.75) is 33.2 Å². The van der Waals surface area contributed by atoms with Crippen LogP contribution >= 0.6 is 0 Å². The van der Waals surface area contributed by atoms with Crippen molar-refractivity contribution >= 4 is 15.7 Å². The minimum absolute atomic E-state index is 0.0445. The maximum atomic E-state index is 13.5. The van der Waals surface area contributed by atoms with Crippen molar-refractivity contribution in [2.24, 2.45) is 0 Å². The summed E-state index contributed by atoms with van der Waals surface area (Å²) < 4.78 is 25.8. The topological polar surface area (TPSA) is 75.5 Å². The second-order valence-electron chi connectivity index (χ2n) is 7.47. The van der Waals surface area contributed by atoms with Crippen LogP contribution in [0.15, 0.2) is 36.5 Å². The third kappa shape index (κ3) is 4.87. The van der Waals surface area contributed by atoms with Crippen molar-refractivity contribution in [3.63, 3.8) is 0 Å². The first-order chi connectivity index (χ1) is 13.9. The minimum atomic E-state index is -3.08. The molecule has 1 aromatic carbocycles. The molecule has 2 aromatic rings. The molecular formula is C21H30N4O3S. The smallest absolute Gasteiger partial charge is 0.257 e. The van der Waals surface area contributed by atoms with E-state index >= 15 is 0 Å². The summed E-state index contributed by atoms with van der Waals surface area (Å²) in [5, 5.41) is 4.41. The van der Waals surface area contributed by atoms with Crippen LogP contribution < -0.4 is 0 Å². The van der Waals surface area contributed by atoms with Crippen LogP contribution in [0.25, 0.3) is 5.69 Å². The van der Waals surface area contributed by atoms with E-state index in [2.05, 4.69) is 23.8 Å². The van der Waals surface area contributed by atoms with Crippen molar-refractivity contribution in [1.82, 2.24) is 19.6 Å². The van der Waals surface area contributed by atoms with Gasteiger partial charge in [0.05, 0.1) is 34.6 Å². The van der Waals surface area contributed by atoms with E-state index in [1.165, 1.54) is 0 Å². The van der Waals surface area contributed by atoms with Crippen LogP contribution in [-0.2, 0) is 9.84 Å². The fraction of sp³-hybridized carbons (Fsp3) is 0.524. The van der Waals surface area contributed by atoms with Gasteiger partial charge in [-0.2, -0.15) is 5.10 Å². The van der Waals surface area contributed by atoms with Crippen LogP contribution in [-0.4, -0.2) is 77.6 Å². The molecule has 1 saturated heterocycles. The number of hydrogen-bond donors (Lipinski definition) is 0. The van der Waals surface area contributed by atoms with Crippen molar-refractivity contribution in [1.29, 1.82) is 0 Å². The zero-order valence-electron chi connectivity index (χ0n) is 17.4. The molecule has 0 aliphatic carbocycles. The summed E-state index contributed by atoms with van der Waals surface area (Å²) >= 11 is 0. The number of carbonyl (C=O) groups excluding carboxylic acids is 1. The molecule has 0 N–H and O–H groups in total. The molecule has 29 heavy (non-hydrogen) atoms. The first kappa shape index (κ1) is 21.5. The van der Waals surface area contributed by atoms with Gasteiger partial charge < -0.3 is 9.80 Å². The van der Waals surface area contributed by atoms with Crippen molar-refractivity contribution in [2.75, 3.05) is 37.7 Å². The molecule has 1 aliphatic heterocycles. The fourth-order valence-corrected chi connectivity index (χ4v) is 5.59. The Morgan fingerprint density at radius 2 is 1.86 bits per heavy atom. The standard InChI is InChI=1S/C21H30N4O3S/c1-4-23(5-2)12-13-24(19-11-14-29(27,28)16-19)21(26)20-15-22-25(17(20)3)18-9-7-6-8-10-18/h6-10,15,19H,4-5,11-14,16H2,1-3H3. The Bertz CT molecular complexity index is 936. The lowest BCUT2D eigenvalue weighted by molar-refractivity contribution is 0.0673. The molecule has 0 spiro atoms. The molecule has 1 aliphatic rings. The molecule has 0 saturated carbocycles. The van der Waals surface area contributed by atoms with Gasteiger partial charge in [-0.3, -0.25) is 4.79 Å². The quantitative estimate of drug-likeness (QED) is 0.657. The van der Waals surface area contributed by atoms with Crippen LogP contribution in [0.1, 0.15) is 36.3 Å². The van der Waals surface area contributed by atoms with E-state index in [-0.39, 0.29) is 23.5 Å². The summed E-state index contributed by atoms with van der Waals surface area (Å²) in [4.78, 5) is 17.4. The van der Waals surface area contributed by atoms with Crippen LogP contribution in [0.2, 0.25) is 0 Å². The number of amides is 1. The second kappa shape index (κ2) is 9.09. The van der Waals surface area contributed by atoms with Gasteiger partial charge in [-0.1, -0.05) is 32.0 Å². The lowest BCUT2D eigenvalue weighted by Gasteiger charge is -2.30. The predicted molar refractivity (Wildman–Crippen MR) is 114 cm³/mol. The van der Waals surface area contributed by atoms with E-state index in [0.717, 1.165) is 31.0 Å². The zero-order valence-corrected chi connectivity index (χ0v) is 18.2. The van der Waals surface area contributed by atoms with Gasteiger partial charge in [0.2, 0.25) is 0 Å². The average Bonchev–Trinajstić information content (AvgIpc) is 3.27. The molecule has 3 rings (SSSR count).